The molecular weight excluding hydrogens is 284 g/mol. The largest absolute Gasteiger partial charge is 0.496 e. The molecule has 0 aromatic heterocycles. The molecule has 0 aliphatic rings. The van der Waals surface area contributed by atoms with Crippen LogP contribution in [0.25, 0.3) is 0 Å². The SMILES string of the molecule is CCN(/C=N/c1cc(OC)c(Cc2ccccc2)cc1C)CC. The third-order valence-corrected chi connectivity index (χ3v) is 4.01. The van der Waals surface area contributed by atoms with Crippen LogP contribution in [0.5, 0.6) is 5.75 Å². The Morgan fingerprint density at radius 1 is 1.09 bits per heavy atom. The molecule has 0 spiro atoms. The standard InChI is InChI=1S/C20H26N2O/c1-5-22(6-2)15-21-19-14-20(23-4)18(12-16(19)3)13-17-10-8-7-9-11-17/h7-12,14-15H,5-6,13H2,1-4H3/b21-15+. The second-order valence-corrected chi connectivity index (χ2v) is 5.58. The van der Waals surface area contributed by atoms with Crippen molar-refractivity contribution in [2.45, 2.75) is 27.2 Å². The summed E-state index contributed by atoms with van der Waals surface area (Å²) >= 11 is 0. The van der Waals surface area contributed by atoms with Crippen molar-refractivity contribution in [3.63, 3.8) is 0 Å². The fourth-order valence-electron chi connectivity index (χ4n) is 2.55. The van der Waals surface area contributed by atoms with Crippen molar-refractivity contribution in [1.82, 2.24) is 4.90 Å². The molecule has 2 aromatic rings. The van der Waals surface area contributed by atoms with Crippen LogP contribution in [0.15, 0.2) is 47.5 Å². The summed E-state index contributed by atoms with van der Waals surface area (Å²) in [7, 11) is 1.72. The molecule has 2 rings (SSSR count). The molecule has 0 N–H and O–H groups in total. The molecule has 0 fully saturated rings. The van der Waals surface area contributed by atoms with Gasteiger partial charge in [0.2, 0.25) is 0 Å². The van der Waals surface area contributed by atoms with Gasteiger partial charge in [0.1, 0.15) is 5.75 Å². The number of methoxy groups -OCH3 is 1. The third kappa shape index (κ3) is 4.59. The molecule has 0 saturated carbocycles. The van der Waals surface area contributed by atoms with E-state index in [-0.39, 0.29) is 0 Å². The van der Waals surface area contributed by atoms with Crippen molar-refractivity contribution in [3.8, 4) is 5.75 Å². The highest BCUT2D eigenvalue weighted by Gasteiger charge is 2.08. The Hall–Kier alpha value is -2.29. The summed E-state index contributed by atoms with van der Waals surface area (Å²) in [4.78, 5) is 6.80. The molecule has 2 aromatic carbocycles. The summed E-state index contributed by atoms with van der Waals surface area (Å²) in [5.74, 6) is 0.895. The highest BCUT2D eigenvalue weighted by Crippen LogP contribution is 2.30. The molecule has 23 heavy (non-hydrogen) atoms. The number of aliphatic imine (C=N–C) groups is 1. The predicted molar refractivity (Wildman–Crippen MR) is 98.1 cm³/mol. The zero-order valence-corrected chi connectivity index (χ0v) is 14.5. The van der Waals surface area contributed by atoms with Crippen molar-refractivity contribution >= 4 is 12.0 Å². The molecule has 122 valence electrons. The second-order valence-electron chi connectivity index (χ2n) is 5.58. The van der Waals surface area contributed by atoms with Gasteiger partial charge in [0.05, 0.1) is 19.1 Å². The van der Waals surface area contributed by atoms with Gasteiger partial charge in [-0.2, -0.15) is 0 Å². The van der Waals surface area contributed by atoms with Gasteiger partial charge in [-0.15, -0.1) is 0 Å². The van der Waals surface area contributed by atoms with Gasteiger partial charge in [-0.05, 0) is 43.5 Å². The summed E-state index contributed by atoms with van der Waals surface area (Å²) < 4.78 is 5.59. The number of aryl methyl sites for hydroxylation is 1. The molecule has 0 heterocycles. The number of nitrogens with zero attached hydrogens (tertiary/aromatic N) is 2. The fourth-order valence-corrected chi connectivity index (χ4v) is 2.55. The zero-order chi connectivity index (χ0) is 16.7. The van der Waals surface area contributed by atoms with E-state index in [1.165, 1.54) is 16.7 Å². The van der Waals surface area contributed by atoms with Crippen LogP contribution in [-0.2, 0) is 6.42 Å². The summed E-state index contributed by atoms with van der Waals surface area (Å²) in [6, 6.07) is 14.7. The van der Waals surface area contributed by atoms with Gasteiger partial charge < -0.3 is 9.64 Å². The minimum atomic E-state index is 0.866. The molecule has 0 unspecified atom stereocenters. The van der Waals surface area contributed by atoms with E-state index in [1.807, 2.05) is 18.5 Å². The van der Waals surface area contributed by atoms with Crippen LogP contribution in [0, 0.1) is 6.92 Å². The van der Waals surface area contributed by atoms with E-state index < -0.39 is 0 Å². The van der Waals surface area contributed by atoms with Crippen LogP contribution in [-0.4, -0.2) is 31.4 Å². The van der Waals surface area contributed by atoms with E-state index >= 15 is 0 Å². The van der Waals surface area contributed by atoms with Crippen molar-refractivity contribution in [2.24, 2.45) is 4.99 Å². The summed E-state index contributed by atoms with van der Waals surface area (Å²) in [6.07, 6.45) is 2.78. The average molecular weight is 310 g/mol. The predicted octanol–water partition coefficient (Wildman–Crippen LogP) is 4.60. The Balaban J connectivity index is 2.28. The minimum absolute atomic E-state index is 0.866. The Morgan fingerprint density at radius 2 is 1.78 bits per heavy atom. The first kappa shape index (κ1) is 17.1. The van der Waals surface area contributed by atoms with Crippen LogP contribution in [0.1, 0.15) is 30.5 Å². The lowest BCUT2D eigenvalue weighted by Crippen LogP contribution is -2.20. The summed E-state index contributed by atoms with van der Waals surface area (Å²) in [5, 5.41) is 0. The van der Waals surface area contributed by atoms with Crippen molar-refractivity contribution in [3.05, 3.63) is 59.2 Å². The third-order valence-electron chi connectivity index (χ3n) is 4.01. The normalized spacial score (nSPS) is 11.0. The van der Waals surface area contributed by atoms with Crippen LogP contribution in [0.4, 0.5) is 5.69 Å². The first-order valence-electron chi connectivity index (χ1n) is 8.17. The maximum Gasteiger partial charge on any atom is 0.124 e. The Kier molecular flexibility index (Phi) is 6.21. The van der Waals surface area contributed by atoms with Gasteiger partial charge >= 0.3 is 0 Å². The monoisotopic (exact) mass is 310 g/mol. The molecule has 0 bridgehead atoms. The molecule has 0 aliphatic carbocycles. The highest BCUT2D eigenvalue weighted by molar-refractivity contribution is 5.65. The number of benzene rings is 2. The Bertz CT molecular complexity index is 646. The number of hydrogen-bond donors (Lipinski definition) is 0. The zero-order valence-electron chi connectivity index (χ0n) is 14.5. The van der Waals surface area contributed by atoms with Gasteiger partial charge in [-0.25, -0.2) is 4.99 Å². The van der Waals surface area contributed by atoms with Gasteiger partial charge in [0.25, 0.3) is 0 Å². The maximum atomic E-state index is 5.59. The lowest BCUT2D eigenvalue weighted by molar-refractivity contribution is 0.410. The molecule has 0 saturated heterocycles. The molecular formula is C20H26N2O. The fraction of sp³-hybridized carbons (Fsp3) is 0.350. The van der Waals surface area contributed by atoms with E-state index in [1.54, 1.807) is 7.11 Å². The van der Waals surface area contributed by atoms with Crippen molar-refractivity contribution in [1.29, 1.82) is 0 Å². The topological polar surface area (TPSA) is 24.8 Å². The first-order valence-corrected chi connectivity index (χ1v) is 8.17. The molecule has 0 atom stereocenters. The van der Waals surface area contributed by atoms with Gasteiger partial charge in [0.15, 0.2) is 0 Å². The summed E-state index contributed by atoms with van der Waals surface area (Å²) in [6.45, 7) is 8.28. The second kappa shape index (κ2) is 8.37. The number of rotatable bonds is 7. The number of hydrogen-bond acceptors (Lipinski definition) is 2. The average Bonchev–Trinajstić information content (AvgIpc) is 2.58. The van der Waals surface area contributed by atoms with Crippen molar-refractivity contribution in [2.75, 3.05) is 20.2 Å². The molecule has 0 amide bonds. The summed E-state index contributed by atoms with van der Waals surface area (Å²) in [5.41, 5.74) is 4.60. The van der Waals surface area contributed by atoms with E-state index in [2.05, 4.69) is 61.0 Å². The van der Waals surface area contributed by atoms with Crippen molar-refractivity contribution < 1.29 is 4.74 Å². The van der Waals surface area contributed by atoms with Gasteiger partial charge in [-0.1, -0.05) is 30.3 Å². The van der Waals surface area contributed by atoms with Gasteiger partial charge in [-0.3, -0.25) is 0 Å². The van der Waals surface area contributed by atoms with E-state index in [0.29, 0.717) is 0 Å². The van der Waals surface area contributed by atoms with Crippen LogP contribution >= 0.6 is 0 Å². The van der Waals surface area contributed by atoms with E-state index in [9.17, 15) is 0 Å². The van der Waals surface area contributed by atoms with E-state index in [0.717, 1.165) is 30.9 Å². The van der Waals surface area contributed by atoms with Crippen LogP contribution in [0.2, 0.25) is 0 Å². The minimum Gasteiger partial charge on any atom is -0.496 e. The molecule has 3 heteroatoms. The molecule has 0 radical (unpaired) electrons. The van der Waals surface area contributed by atoms with Crippen LogP contribution < -0.4 is 4.74 Å². The molecule has 0 aliphatic heterocycles. The van der Waals surface area contributed by atoms with Gasteiger partial charge in [0, 0.05) is 25.6 Å². The smallest absolute Gasteiger partial charge is 0.124 e. The van der Waals surface area contributed by atoms with Crippen LogP contribution in [0.3, 0.4) is 0 Å². The maximum absolute atomic E-state index is 5.59. The number of ether oxygens (including phenoxy) is 1. The lowest BCUT2D eigenvalue weighted by atomic mass is 10.0. The lowest BCUT2D eigenvalue weighted by Gasteiger charge is -2.15. The van der Waals surface area contributed by atoms with E-state index in [4.69, 9.17) is 4.74 Å². The first-order chi connectivity index (χ1) is 11.2. The Labute approximate surface area is 139 Å². The highest BCUT2D eigenvalue weighted by atomic mass is 16.5. The Morgan fingerprint density at radius 3 is 2.39 bits per heavy atom. The molecule has 3 nitrogen and oxygen atoms in total. The quantitative estimate of drug-likeness (QED) is 0.551.